The fourth-order valence-corrected chi connectivity index (χ4v) is 2.58. The first-order valence-corrected chi connectivity index (χ1v) is 6.04. The van der Waals surface area contributed by atoms with E-state index in [2.05, 4.69) is 6.58 Å². The highest BCUT2D eigenvalue weighted by molar-refractivity contribution is 7.89. The third kappa shape index (κ3) is 4.43. The molecule has 0 aliphatic heterocycles. The Kier molecular flexibility index (Phi) is 4.64. The molecule has 0 aliphatic carbocycles. The summed E-state index contributed by atoms with van der Waals surface area (Å²) in [6.07, 6.45) is 2.31. The number of rotatable bonds is 5. The summed E-state index contributed by atoms with van der Waals surface area (Å²) in [6.45, 7) is 9.29. The van der Waals surface area contributed by atoms with E-state index >= 15 is 0 Å². The van der Waals surface area contributed by atoms with Crippen LogP contribution in [0.4, 0.5) is 0 Å². The van der Waals surface area contributed by atoms with Crippen LogP contribution in [0.3, 0.4) is 0 Å². The molecule has 0 fully saturated rings. The summed E-state index contributed by atoms with van der Waals surface area (Å²) in [4.78, 5) is 0. The second-order valence-corrected chi connectivity index (χ2v) is 5.60. The molecule has 0 rings (SSSR count). The summed E-state index contributed by atoms with van der Waals surface area (Å²) in [5.41, 5.74) is 0. The van der Waals surface area contributed by atoms with Gasteiger partial charge in [-0.05, 0) is 18.3 Å². The van der Waals surface area contributed by atoms with Crippen molar-refractivity contribution >= 4 is 10.0 Å². The van der Waals surface area contributed by atoms with Crippen LogP contribution in [0.5, 0.6) is 0 Å². The predicted molar refractivity (Wildman–Crippen MR) is 55.7 cm³/mol. The van der Waals surface area contributed by atoms with Crippen LogP contribution in [-0.4, -0.2) is 13.7 Å². The number of primary sulfonamides is 1. The lowest BCUT2D eigenvalue weighted by molar-refractivity contribution is 0.479. The minimum Gasteiger partial charge on any atom is -0.228 e. The van der Waals surface area contributed by atoms with E-state index in [9.17, 15) is 8.42 Å². The van der Waals surface area contributed by atoms with E-state index in [1.54, 1.807) is 6.08 Å². The Balaban J connectivity index is 4.55. The summed E-state index contributed by atoms with van der Waals surface area (Å²) >= 11 is 0. The van der Waals surface area contributed by atoms with Crippen molar-refractivity contribution < 1.29 is 8.42 Å². The van der Waals surface area contributed by atoms with Crippen molar-refractivity contribution in [3.63, 3.8) is 0 Å². The van der Waals surface area contributed by atoms with Crippen LogP contribution in [0.1, 0.15) is 27.2 Å². The molecule has 78 valence electrons. The second kappa shape index (κ2) is 4.77. The Bertz CT molecular complexity index is 257. The molecule has 2 N–H and O–H groups in total. The van der Waals surface area contributed by atoms with Crippen LogP contribution < -0.4 is 5.14 Å². The summed E-state index contributed by atoms with van der Waals surface area (Å²) in [6, 6.07) is 0. The summed E-state index contributed by atoms with van der Waals surface area (Å²) < 4.78 is 22.3. The van der Waals surface area contributed by atoms with Crippen molar-refractivity contribution in [2.75, 3.05) is 0 Å². The van der Waals surface area contributed by atoms with E-state index in [0.29, 0.717) is 6.42 Å². The van der Waals surface area contributed by atoms with E-state index in [1.807, 2.05) is 20.8 Å². The molecule has 0 heterocycles. The lowest BCUT2D eigenvalue weighted by Crippen LogP contribution is -2.34. The molecule has 0 aromatic carbocycles. The molecule has 0 aromatic rings. The zero-order valence-electron chi connectivity index (χ0n) is 8.53. The van der Waals surface area contributed by atoms with E-state index in [1.165, 1.54) is 0 Å². The van der Waals surface area contributed by atoms with Crippen LogP contribution in [-0.2, 0) is 10.0 Å². The number of hydrogen-bond donors (Lipinski definition) is 1. The standard InChI is InChI=1S/C9H19NO2S/c1-5-8(4)6-9(7(2)3)13(10,11)12/h5,7-9H,1,6H2,2-4H3,(H2,10,11,12)/t8-,9+/m0/s1. The number of allylic oxidation sites excluding steroid dienone is 1. The van der Waals surface area contributed by atoms with Crippen LogP contribution >= 0.6 is 0 Å². The molecule has 0 saturated heterocycles. The third-order valence-electron chi connectivity index (χ3n) is 2.17. The maximum atomic E-state index is 11.2. The van der Waals surface area contributed by atoms with Gasteiger partial charge in [-0.1, -0.05) is 26.8 Å². The van der Waals surface area contributed by atoms with Crippen molar-refractivity contribution in [1.82, 2.24) is 0 Å². The summed E-state index contributed by atoms with van der Waals surface area (Å²) in [5.74, 6) is 0.239. The smallest absolute Gasteiger partial charge is 0.212 e. The summed E-state index contributed by atoms with van der Waals surface area (Å²) in [7, 11) is -3.42. The largest absolute Gasteiger partial charge is 0.228 e. The topological polar surface area (TPSA) is 60.2 Å². The van der Waals surface area contributed by atoms with Gasteiger partial charge in [0.1, 0.15) is 0 Å². The van der Waals surface area contributed by atoms with Gasteiger partial charge in [-0.3, -0.25) is 0 Å². The highest BCUT2D eigenvalue weighted by Gasteiger charge is 2.25. The number of hydrogen-bond acceptors (Lipinski definition) is 2. The third-order valence-corrected chi connectivity index (χ3v) is 3.75. The Labute approximate surface area is 81.1 Å². The first kappa shape index (κ1) is 12.7. The molecule has 0 aromatic heterocycles. The van der Waals surface area contributed by atoms with E-state index < -0.39 is 15.3 Å². The average molecular weight is 205 g/mol. The molecule has 0 bridgehead atoms. The molecule has 2 atom stereocenters. The molecule has 3 nitrogen and oxygen atoms in total. The van der Waals surface area contributed by atoms with Gasteiger partial charge in [-0.15, -0.1) is 6.58 Å². The average Bonchev–Trinajstić information content (AvgIpc) is 1.96. The highest BCUT2D eigenvalue weighted by atomic mass is 32.2. The summed E-state index contributed by atoms with van der Waals surface area (Å²) in [5, 5.41) is 4.66. The number of nitrogens with two attached hydrogens (primary N) is 1. The number of sulfonamides is 1. The molecule has 0 unspecified atom stereocenters. The first-order chi connectivity index (χ1) is 5.79. The molecule has 13 heavy (non-hydrogen) atoms. The zero-order valence-corrected chi connectivity index (χ0v) is 9.34. The minimum atomic E-state index is -3.42. The van der Waals surface area contributed by atoms with Crippen molar-refractivity contribution in [3.05, 3.63) is 12.7 Å². The molecule has 4 heteroatoms. The van der Waals surface area contributed by atoms with Crippen molar-refractivity contribution in [2.24, 2.45) is 17.0 Å². The molecule has 0 saturated carbocycles. The van der Waals surface area contributed by atoms with Gasteiger partial charge in [-0.2, -0.15) is 0 Å². The fourth-order valence-electron chi connectivity index (χ4n) is 1.25. The van der Waals surface area contributed by atoms with E-state index in [4.69, 9.17) is 5.14 Å². The quantitative estimate of drug-likeness (QED) is 0.692. The van der Waals surface area contributed by atoms with Crippen molar-refractivity contribution in [1.29, 1.82) is 0 Å². The van der Waals surface area contributed by atoms with Crippen LogP contribution in [0.15, 0.2) is 12.7 Å². The predicted octanol–water partition coefficient (Wildman–Crippen LogP) is 1.51. The molecular weight excluding hydrogens is 186 g/mol. The van der Waals surface area contributed by atoms with Crippen LogP contribution in [0.2, 0.25) is 0 Å². The van der Waals surface area contributed by atoms with Gasteiger partial charge < -0.3 is 0 Å². The van der Waals surface area contributed by atoms with Crippen LogP contribution in [0.25, 0.3) is 0 Å². The normalized spacial score (nSPS) is 17.0. The SMILES string of the molecule is C=C[C@H](C)C[C@H](C(C)C)S(N)(=O)=O. The van der Waals surface area contributed by atoms with E-state index in [0.717, 1.165) is 0 Å². The minimum absolute atomic E-state index is 0.0531. The second-order valence-electron chi connectivity index (χ2n) is 3.82. The zero-order chi connectivity index (χ0) is 10.6. The van der Waals surface area contributed by atoms with Crippen molar-refractivity contribution in [2.45, 2.75) is 32.4 Å². The fraction of sp³-hybridized carbons (Fsp3) is 0.778. The van der Waals surface area contributed by atoms with Gasteiger partial charge in [0.15, 0.2) is 0 Å². The Morgan fingerprint density at radius 2 is 1.85 bits per heavy atom. The molecule has 0 radical (unpaired) electrons. The van der Waals surface area contributed by atoms with Gasteiger partial charge >= 0.3 is 0 Å². The highest BCUT2D eigenvalue weighted by Crippen LogP contribution is 2.19. The van der Waals surface area contributed by atoms with Gasteiger partial charge in [0.05, 0.1) is 5.25 Å². The van der Waals surface area contributed by atoms with Gasteiger partial charge in [0.2, 0.25) is 10.0 Å². The molecule has 0 amide bonds. The first-order valence-electron chi connectivity index (χ1n) is 4.43. The van der Waals surface area contributed by atoms with E-state index in [-0.39, 0.29) is 11.8 Å². The van der Waals surface area contributed by atoms with Crippen molar-refractivity contribution in [3.8, 4) is 0 Å². The molecular formula is C9H19NO2S. The van der Waals surface area contributed by atoms with Crippen LogP contribution in [0, 0.1) is 11.8 Å². The van der Waals surface area contributed by atoms with Gasteiger partial charge in [0.25, 0.3) is 0 Å². The Morgan fingerprint density at radius 1 is 1.38 bits per heavy atom. The maximum Gasteiger partial charge on any atom is 0.212 e. The lowest BCUT2D eigenvalue weighted by atomic mass is 9.99. The van der Waals surface area contributed by atoms with Gasteiger partial charge in [-0.25, -0.2) is 13.6 Å². The van der Waals surface area contributed by atoms with Gasteiger partial charge in [0, 0.05) is 0 Å². The lowest BCUT2D eigenvalue weighted by Gasteiger charge is -2.20. The monoisotopic (exact) mass is 205 g/mol. The maximum absolute atomic E-state index is 11.2. The molecule has 0 spiro atoms. The Hall–Kier alpha value is -0.350. The Morgan fingerprint density at radius 3 is 2.08 bits per heavy atom. The molecule has 0 aliphatic rings.